The third-order valence-corrected chi connectivity index (χ3v) is 9.21. The van der Waals surface area contributed by atoms with Crippen molar-refractivity contribution >= 4 is 33.0 Å². The molecule has 0 aliphatic heterocycles. The molecule has 2 aromatic carbocycles. The lowest BCUT2D eigenvalue weighted by atomic mass is 9.71. The van der Waals surface area contributed by atoms with Gasteiger partial charge in [0, 0.05) is 29.6 Å². The minimum Gasteiger partial charge on any atom is -0.379 e. The number of benzene rings is 2. The standard InChI is InChI=1S/C26H22ClF3N2O4S/c1-14-9-18(10-15(2)26(14,34)23-5-3-4-8-31-23)37(35,36)22-11-16(6-7-19(22)27)25(33)32-17-12-20(28)24(30)21(29)13-17/h3-8,11-13,15,18,34H,1,9-10H2,2H3,(H,32,33)/t15?,18-,26-/m0/s1. The second-order valence-electron chi connectivity index (χ2n) is 8.95. The predicted molar refractivity (Wildman–Crippen MR) is 132 cm³/mol. The van der Waals surface area contributed by atoms with Gasteiger partial charge in [-0.05, 0) is 54.7 Å². The summed E-state index contributed by atoms with van der Waals surface area (Å²) in [5.41, 5.74) is -1.37. The van der Waals surface area contributed by atoms with Gasteiger partial charge < -0.3 is 10.4 Å². The number of carbonyl (C=O) groups excluding carboxylic acids is 1. The molecule has 4 rings (SSSR count). The number of anilines is 1. The van der Waals surface area contributed by atoms with Crippen molar-refractivity contribution in [1.82, 2.24) is 4.98 Å². The highest BCUT2D eigenvalue weighted by Crippen LogP contribution is 2.47. The summed E-state index contributed by atoms with van der Waals surface area (Å²) in [6.07, 6.45) is 1.52. The van der Waals surface area contributed by atoms with Crippen LogP contribution in [0.4, 0.5) is 18.9 Å². The van der Waals surface area contributed by atoms with Crippen LogP contribution in [0.3, 0.4) is 0 Å². The van der Waals surface area contributed by atoms with Crippen LogP contribution in [0.25, 0.3) is 0 Å². The lowest BCUT2D eigenvalue weighted by molar-refractivity contribution is -0.00293. The maximum Gasteiger partial charge on any atom is 0.255 e. The number of aliphatic hydroxyl groups is 1. The number of sulfone groups is 1. The van der Waals surface area contributed by atoms with Gasteiger partial charge in [-0.15, -0.1) is 0 Å². The molecule has 3 atom stereocenters. The fraction of sp³-hybridized carbons (Fsp3) is 0.231. The maximum absolute atomic E-state index is 13.6. The zero-order valence-electron chi connectivity index (χ0n) is 19.5. The predicted octanol–water partition coefficient (Wildman–Crippen LogP) is 5.42. The summed E-state index contributed by atoms with van der Waals surface area (Å²) in [5.74, 6) is -6.11. The third-order valence-electron chi connectivity index (χ3n) is 6.58. The van der Waals surface area contributed by atoms with Crippen LogP contribution in [0.2, 0.25) is 5.02 Å². The molecule has 2 N–H and O–H groups in total. The molecular formula is C26H22ClF3N2O4S. The smallest absolute Gasteiger partial charge is 0.255 e. The van der Waals surface area contributed by atoms with Crippen LogP contribution in [-0.2, 0) is 15.4 Å². The van der Waals surface area contributed by atoms with E-state index in [1.807, 2.05) is 0 Å². The topological polar surface area (TPSA) is 96.4 Å². The molecule has 11 heteroatoms. The van der Waals surface area contributed by atoms with Gasteiger partial charge in [0.25, 0.3) is 5.91 Å². The van der Waals surface area contributed by atoms with Crippen molar-refractivity contribution in [3.63, 3.8) is 0 Å². The first kappa shape index (κ1) is 26.8. The number of pyridine rings is 1. The quantitative estimate of drug-likeness (QED) is 0.327. The summed E-state index contributed by atoms with van der Waals surface area (Å²) >= 11 is 6.21. The van der Waals surface area contributed by atoms with E-state index in [1.165, 1.54) is 18.3 Å². The first-order valence-corrected chi connectivity index (χ1v) is 13.1. The van der Waals surface area contributed by atoms with Crippen molar-refractivity contribution in [3.05, 3.63) is 101 Å². The van der Waals surface area contributed by atoms with E-state index in [0.717, 1.165) is 6.07 Å². The molecule has 37 heavy (non-hydrogen) atoms. The second-order valence-corrected chi connectivity index (χ2v) is 11.5. The molecule has 1 aliphatic rings. The van der Waals surface area contributed by atoms with Crippen LogP contribution in [-0.4, -0.2) is 29.7 Å². The molecule has 3 aromatic rings. The van der Waals surface area contributed by atoms with Crippen molar-refractivity contribution in [2.45, 2.75) is 35.5 Å². The van der Waals surface area contributed by atoms with E-state index in [0.29, 0.717) is 17.8 Å². The molecule has 0 spiro atoms. The molecule has 6 nitrogen and oxygen atoms in total. The Labute approximate surface area is 216 Å². The zero-order valence-corrected chi connectivity index (χ0v) is 21.1. The van der Waals surface area contributed by atoms with E-state index >= 15 is 0 Å². The summed E-state index contributed by atoms with van der Waals surface area (Å²) in [5, 5.41) is 12.5. The number of hydrogen-bond acceptors (Lipinski definition) is 5. The normalized spacial score (nSPS) is 22.1. The van der Waals surface area contributed by atoms with Crippen molar-refractivity contribution in [2.75, 3.05) is 5.32 Å². The van der Waals surface area contributed by atoms with E-state index < -0.39 is 50.0 Å². The number of aromatic nitrogens is 1. The highest BCUT2D eigenvalue weighted by atomic mass is 35.5. The summed E-state index contributed by atoms with van der Waals surface area (Å²) in [6, 6.07) is 9.79. The number of hydrogen-bond donors (Lipinski definition) is 2. The number of nitrogens with one attached hydrogen (secondary N) is 1. The van der Waals surface area contributed by atoms with E-state index in [4.69, 9.17) is 11.6 Å². The average molecular weight is 551 g/mol. The molecule has 1 heterocycles. The van der Waals surface area contributed by atoms with E-state index in [9.17, 15) is 31.5 Å². The summed E-state index contributed by atoms with van der Waals surface area (Å²) in [6.45, 7) is 5.65. The van der Waals surface area contributed by atoms with E-state index in [1.54, 1.807) is 25.1 Å². The molecule has 1 aromatic heterocycles. The molecule has 1 fully saturated rings. The minimum absolute atomic E-state index is 0.0648. The van der Waals surface area contributed by atoms with Gasteiger partial charge in [0.15, 0.2) is 27.3 Å². The average Bonchev–Trinajstić information content (AvgIpc) is 2.86. The summed E-state index contributed by atoms with van der Waals surface area (Å²) < 4.78 is 67.4. The van der Waals surface area contributed by atoms with E-state index in [-0.39, 0.29) is 39.6 Å². The van der Waals surface area contributed by atoms with Gasteiger partial charge in [0.1, 0.15) is 5.60 Å². The molecule has 0 radical (unpaired) electrons. The molecule has 194 valence electrons. The van der Waals surface area contributed by atoms with Crippen LogP contribution in [0.5, 0.6) is 0 Å². The Hall–Kier alpha value is -3.21. The number of halogens is 4. The fourth-order valence-electron chi connectivity index (χ4n) is 4.56. The Kier molecular flexibility index (Phi) is 7.20. The summed E-state index contributed by atoms with van der Waals surface area (Å²) in [7, 11) is -4.11. The molecule has 1 saturated carbocycles. The van der Waals surface area contributed by atoms with Gasteiger partial charge in [0.2, 0.25) is 0 Å². The first-order chi connectivity index (χ1) is 17.4. The highest BCUT2D eigenvalue weighted by Gasteiger charge is 2.48. The lowest BCUT2D eigenvalue weighted by Crippen LogP contribution is -2.45. The van der Waals surface area contributed by atoms with Crippen LogP contribution in [0.1, 0.15) is 35.8 Å². The molecule has 1 aliphatic carbocycles. The second kappa shape index (κ2) is 9.92. The van der Waals surface area contributed by atoms with Crippen molar-refractivity contribution in [2.24, 2.45) is 5.92 Å². The number of rotatable bonds is 5. The van der Waals surface area contributed by atoms with Gasteiger partial charge in [0.05, 0.1) is 20.9 Å². The molecule has 0 saturated heterocycles. The SMILES string of the molecule is C=C1C[C@H](S(=O)(=O)c2cc(C(=O)Nc3cc(F)c(F)c(F)c3)ccc2Cl)CC(C)[C@]1(O)c1ccccn1. The number of carbonyl (C=O) groups is 1. The summed E-state index contributed by atoms with van der Waals surface area (Å²) in [4.78, 5) is 16.6. The zero-order chi connectivity index (χ0) is 27.1. The largest absolute Gasteiger partial charge is 0.379 e. The van der Waals surface area contributed by atoms with Crippen LogP contribution < -0.4 is 5.32 Å². The Bertz CT molecular complexity index is 1480. The van der Waals surface area contributed by atoms with E-state index in [2.05, 4.69) is 16.9 Å². The number of amides is 1. The Morgan fingerprint density at radius 3 is 2.43 bits per heavy atom. The maximum atomic E-state index is 13.6. The monoisotopic (exact) mass is 550 g/mol. The fourth-order valence-corrected chi connectivity index (χ4v) is 6.95. The van der Waals surface area contributed by atoms with Crippen molar-refractivity contribution in [1.29, 1.82) is 0 Å². The highest BCUT2D eigenvalue weighted by molar-refractivity contribution is 7.92. The molecule has 1 amide bonds. The van der Waals surface area contributed by atoms with Gasteiger partial charge >= 0.3 is 0 Å². The molecule has 1 unspecified atom stereocenters. The van der Waals surface area contributed by atoms with Gasteiger partial charge in [-0.25, -0.2) is 21.6 Å². The number of nitrogens with zero attached hydrogens (tertiary/aromatic N) is 1. The van der Waals surface area contributed by atoms with Crippen LogP contribution in [0.15, 0.2) is 71.8 Å². The Balaban J connectivity index is 1.61. The van der Waals surface area contributed by atoms with Gasteiger partial charge in [-0.3, -0.25) is 9.78 Å². The third kappa shape index (κ3) is 4.88. The van der Waals surface area contributed by atoms with Crippen molar-refractivity contribution < 1.29 is 31.5 Å². The first-order valence-electron chi connectivity index (χ1n) is 11.2. The lowest BCUT2D eigenvalue weighted by Gasteiger charge is -2.42. The van der Waals surface area contributed by atoms with Gasteiger partial charge in [-0.2, -0.15) is 0 Å². The van der Waals surface area contributed by atoms with Crippen LogP contribution >= 0.6 is 11.6 Å². The van der Waals surface area contributed by atoms with Gasteiger partial charge in [-0.1, -0.05) is 31.2 Å². The Morgan fingerprint density at radius 1 is 1.16 bits per heavy atom. The van der Waals surface area contributed by atoms with Crippen LogP contribution in [0, 0.1) is 23.4 Å². The Morgan fingerprint density at radius 2 is 1.84 bits per heavy atom. The minimum atomic E-state index is -4.11. The molecule has 0 bridgehead atoms. The molecular weight excluding hydrogens is 529 g/mol. The van der Waals surface area contributed by atoms with Crippen molar-refractivity contribution in [3.8, 4) is 0 Å².